The summed E-state index contributed by atoms with van der Waals surface area (Å²) < 4.78 is 0.973. The standard InChI is InChI=1S/C7H8ClN3O2/c1-4(12)3-11-7(13)6(8)5(9)2-10-11/h2H,3,9H2,1H3. The molecule has 0 spiro atoms. The predicted octanol–water partition coefficient (Wildman–Crippen LogP) is 0.0679. The van der Waals surface area contributed by atoms with E-state index in [-0.39, 0.29) is 23.0 Å². The molecule has 13 heavy (non-hydrogen) atoms. The molecule has 0 aliphatic carbocycles. The van der Waals surface area contributed by atoms with E-state index in [0.29, 0.717) is 0 Å². The topological polar surface area (TPSA) is 78.0 Å². The fourth-order valence-electron chi connectivity index (χ4n) is 0.801. The minimum Gasteiger partial charge on any atom is -0.396 e. The molecule has 0 amide bonds. The van der Waals surface area contributed by atoms with E-state index in [4.69, 9.17) is 17.3 Å². The predicted molar refractivity (Wildman–Crippen MR) is 48.6 cm³/mol. The number of nitrogens with zero attached hydrogens (tertiary/aromatic N) is 2. The largest absolute Gasteiger partial charge is 0.396 e. The zero-order valence-electron chi connectivity index (χ0n) is 6.95. The first kappa shape index (κ1) is 9.73. The van der Waals surface area contributed by atoms with E-state index in [1.807, 2.05) is 0 Å². The monoisotopic (exact) mass is 201 g/mol. The van der Waals surface area contributed by atoms with Crippen molar-refractivity contribution >= 4 is 23.1 Å². The van der Waals surface area contributed by atoms with Crippen LogP contribution in [0.25, 0.3) is 0 Å². The zero-order valence-corrected chi connectivity index (χ0v) is 7.71. The number of carbonyl (C=O) groups is 1. The Labute approximate surface area is 79.1 Å². The molecule has 6 heteroatoms. The fraction of sp³-hybridized carbons (Fsp3) is 0.286. The van der Waals surface area contributed by atoms with Crippen LogP contribution in [0, 0.1) is 0 Å². The van der Waals surface area contributed by atoms with Gasteiger partial charge in [-0.1, -0.05) is 11.6 Å². The van der Waals surface area contributed by atoms with Crippen molar-refractivity contribution in [2.24, 2.45) is 0 Å². The molecular weight excluding hydrogens is 194 g/mol. The summed E-state index contributed by atoms with van der Waals surface area (Å²) in [6.45, 7) is 1.28. The number of halogens is 1. The van der Waals surface area contributed by atoms with Crippen LogP contribution in [0.15, 0.2) is 11.0 Å². The van der Waals surface area contributed by atoms with E-state index < -0.39 is 5.56 Å². The van der Waals surface area contributed by atoms with Crippen LogP contribution in [0.2, 0.25) is 5.02 Å². The maximum absolute atomic E-state index is 11.3. The second-order valence-corrected chi connectivity index (χ2v) is 2.96. The molecule has 1 aromatic heterocycles. The summed E-state index contributed by atoms with van der Waals surface area (Å²) >= 11 is 5.56. The lowest BCUT2D eigenvalue weighted by atomic mass is 10.4. The second kappa shape index (κ2) is 3.57. The van der Waals surface area contributed by atoms with E-state index in [2.05, 4.69) is 5.10 Å². The number of carbonyl (C=O) groups excluding carboxylic acids is 1. The van der Waals surface area contributed by atoms with Crippen LogP contribution >= 0.6 is 11.6 Å². The highest BCUT2D eigenvalue weighted by Gasteiger charge is 2.07. The Kier molecular flexibility index (Phi) is 2.67. The molecule has 0 aliphatic rings. The zero-order chi connectivity index (χ0) is 10.0. The lowest BCUT2D eigenvalue weighted by molar-refractivity contribution is -0.117. The van der Waals surface area contributed by atoms with Gasteiger partial charge in [-0.2, -0.15) is 5.10 Å². The van der Waals surface area contributed by atoms with E-state index >= 15 is 0 Å². The van der Waals surface area contributed by atoms with Crippen molar-refractivity contribution < 1.29 is 4.79 Å². The van der Waals surface area contributed by atoms with Crippen molar-refractivity contribution in [2.75, 3.05) is 5.73 Å². The van der Waals surface area contributed by atoms with Gasteiger partial charge in [-0.3, -0.25) is 9.59 Å². The van der Waals surface area contributed by atoms with Crippen molar-refractivity contribution in [2.45, 2.75) is 13.5 Å². The Morgan fingerprint density at radius 3 is 2.92 bits per heavy atom. The highest BCUT2D eigenvalue weighted by molar-refractivity contribution is 6.32. The first-order chi connectivity index (χ1) is 6.02. The summed E-state index contributed by atoms with van der Waals surface area (Å²) in [6, 6.07) is 0. The molecule has 0 saturated carbocycles. The number of nitrogens with two attached hydrogens (primary N) is 1. The average Bonchev–Trinajstić information content (AvgIpc) is 2.06. The third-order valence-corrected chi connectivity index (χ3v) is 1.76. The summed E-state index contributed by atoms with van der Waals surface area (Å²) in [4.78, 5) is 21.9. The molecule has 0 aromatic carbocycles. The van der Waals surface area contributed by atoms with Crippen LogP contribution in [-0.2, 0) is 11.3 Å². The maximum atomic E-state index is 11.3. The highest BCUT2D eigenvalue weighted by Crippen LogP contribution is 2.09. The minimum atomic E-state index is -0.545. The Morgan fingerprint density at radius 2 is 2.38 bits per heavy atom. The van der Waals surface area contributed by atoms with Crippen LogP contribution in [0.4, 0.5) is 5.69 Å². The lowest BCUT2D eigenvalue weighted by Crippen LogP contribution is -2.26. The Balaban J connectivity index is 3.19. The van der Waals surface area contributed by atoms with Crippen molar-refractivity contribution in [3.05, 3.63) is 21.6 Å². The van der Waals surface area contributed by atoms with Gasteiger partial charge >= 0.3 is 0 Å². The molecule has 2 N–H and O–H groups in total. The summed E-state index contributed by atoms with van der Waals surface area (Å²) in [7, 11) is 0. The van der Waals surface area contributed by atoms with Crippen molar-refractivity contribution in [3.8, 4) is 0 Å². The molecule has 0 aliphatic heterocycles. The average molecular weight is 202 g/mol. The molecule has 1 heterocycles. The number of rotatable bonds is 2. The van der Waals surface area contributed by atoms with E-state index in [9.17, 15) is 9.59 Å². The molecule has 0 atom stereocenters. The third kappa shape index (κ3) is 2.06. The van der Waals surface area contributed by atoms with Gasteiger partial charge in [0, 0.05) is 0 Å². The summed E-state index contributed by atoms with van der Waals surface area (Å²) in [6.07, 6.45) is 1.24. The molecule has 70 valence electrons. The van der Waals surface area contributed by atoms with E-state index in [1.165, 1.54) is 13.1 Å². The van der Waals surface area contributed by atoms with Crippen LogP contribution in [-0.4, -0.2) is 15.6 Å². The number of anilines is 1. The first-order valence-electron chi connectivity index (χ1n) is 3.53. The van der Waals surface area contributed by atoms with Gasteiger partial charge in [0.2, 0.25) is 0 Å². The minimum absolute atomic E-state index is 0.0845. The van der Waals surface area contributed by atoms with Gasteiger partial charge in [0.05, 0.1) is 11.9 Å². The highest BCUT2D eigenvalue weighted by atomic mass is 35.5. The Bertz CT molecular complexity index is 399. The second-order valence-electron chi connectivity index (χ2n) is 2.58. The molecule has 0 bridgehead atoms. The van der Waals surface area contributed by atoms with Gasteiger partial charge in [-0.25, -0.2) is 4.68 Å². The Hall–Kier alpha value is -1.36. The molecule has 0 fully saturated rings. The van der Waals surface area contributed by atoms with Gasteiger partial charge in [-0.05, 0) is 6.92 Å². The van der Waals surface area contributed by atoms with Crippen molar-refractivity contribution in [1.29, 1.82) is 0 Å². The molecule has 5 nitrogen and oxygen atoms in total. The van der Waals surface area contributed by atoms with Gasteiger partial charge in [0.25, 0.3) is 5.56 Å². The molecular formula is C7H8ClN3O2. The number of hydrogen-bond donors (Lipinski definition) is 1. The summed E-state index contributed by atoms with van der Waals surface area (Å²) in [5.41, 5.74) is 4.90. The van der Waals surface area contributed by atoms with Gasteiger partial charge < -0.3 is 5.73 Å². The van der Waals surface area contributed by atoms with Gasteiger partial charge in [0.1, 0.15) is 11.6 Å². The van der Waals surface area contributed by atoms with E-state index in [1.54, 1.807) is 0 Å². The summed E-state index contributed by atoms with van der Waals surface area (Å²) in [5.74, 6) is -0.171. The van der Waals surface area contributed by atoms with Crippen LogP contribution in [0.1, 0.15) is 6.92 Å². The third-order valence-electron chi connectivity index (χ3n) is 1.38. The Morgan fingerprint density at radius 1 is 1.77 bits per heavy atom. The van der Waals surface area contributed by atoms with Crippen molar-refractivity contribution in [1.82, 2.24) is 9.78 Å². The number of aromatic nitrogens is 2. The number of ketones is 1. The summed E-state index contributed by atoms with van der Waals surface area (Å²) in [5, 5.41) is 3.55. The quantitative estimate of drug-likeness (QED) is 0.735. The first-order valence-corrected chi connectivity index (χ1v) is 3.90. The van der Waals surface area contributed by atoms with Crippen LogP contribution in [0.3, 0.4) is 0 Å². The van der Waals surface area contributed by atoms with Crippen molar-refractivity contribution in [3.63, 3.8) is 0 Å². The van der Waals surface area contributed by atoms with Gasteiger partial charge in [-0.15, -0.1) is 0 Å². The van der Waals surface area contributed by atoms with Crippen LogP contribution < -0.4 is 11.3 Å². The molecule has 1 aromatic rings. The lowest BCUT2D eigenvalue weighted by Gasteiger charge is -2.02. The maximum Gasteiger partial charge on any atom is 0.288 e. The number of nitrogen functional groups attached to an aromatic ring is 1. The fourth-order valence-corrected chi connectivity index (χ4v) is 0.948. The molecule has 0 radical (unpaired) electrons. The number of Topliss-reactive ketones (excluding diaryl/α,β-unsaturated/α-hetero) is 1. The molecule has 0 unspecified atom stereocenters. The van der Waals surface area contributed by atoms with Crippen LogP contribution in [0.5, 0.6) is 0 Å². The smallest absolute Gasteiger partial charge is 0.288 e. The molecule has 1 rings (SSSR count). The molecule has 0 saturated heterocycles. The van der Waals surface area contributed by atoms with Gasteiger partial charge in [0.15, 0.2) is 5.78 Å². The SMILES string of the molecule is CC(=O)Cn1ncc(N)c(Cl)c1=O. The van der Waals surface area contributed by atoms with E-state index in [0.717, 1.165) is 4.68 Å². The normalized spacial score (nSPS) is 10.0. The number of hydrogen-bond acceptors (Lipinski definition) is 4.